The van der Waals surface area contributed by atoms with E-state index in [1.807, 2.05) is 5.38 Å². The van der Waals surface area contributed by atoms with Gasteiger partial charge in [0, 0.05) is 11.6 Å². The van der Waals surface area contributed by atoms with Crippen LogP contribution in [0.5, 0.6) is 0 Å². The number of hydrogen-bond donors (Lipinski definition) is 0. The minimum Gasteiger partial charge on any atom is -0.412 e. The molecule has 2 nitrogen and oxygen atoms in total. The summed E-state index contributed by atoms with van der Waals surface area (Å²) in [5.41, 5.74) is 1.79. The molecule has 0 aliphatic heterocycles. The third kappa shape index (κ3) is 3.72. The normalized spacial score (nSPS) is 5.71. The van der Waals surface area contributed by atoms with E-state index in [9.17, 15) is 0 Å². The first-order chi connectivity index (χ1) is 2.50. The molecule has 0 spiro atoms. The maximum absolute atomic E-state index is 3.74. The monoisotopic (exact) mass is 139 g/mol. The van der Waals surface area contributed by atoms with Gasteiger partial charge < -0.3 is 5.48 Å². The molecule has 1 aromatic rings. The topological polar surface area (TPSA) is 44.4 Å². The van der Waals surface area contributed by atoms with Gasteiger partial charge in [-0.2, -0.15) is 0 Å². The Balaban J connectivity index is 0. The Morgan fingerprint density at radius 2 is 2.14 bits per heavy atom. The van der Waals surface area contributed by atoms with Gasteiger partial charge in [-0.05, 0) is 0 Å². The van der Waals surface area contributed by atoms with Crippen molar-refractivity contribution >= 4 is 23.7 Å². The van der Waals surface area contributed by atoms with Crippen LogP contribution < -0.4 is 0 Å². The number of hydrogen-bond acceptors (Lipinski definition) is 2. The summed E-state index contributed by atoms with van der Waals surface area (Å²) in [6.45, 7) is 0. The second-order valence-corrected chi connectivity index (χ2v) is 1.43. The van der Waals surface area contributed by atoms with E-state index in [1.165, 1.54) is 0 Å². The van der Waals surface area contributed by atoms with Crippen LogP contribution in [0.1, 0.15) is 0 Å². The van der Waals surface area contributed by atoms with E-state index in [0.717, 1.165) is 0 Å². The van der Waals surface area contributed by atoms with E-state index < -0.39 is 0 Å². The maximum Gasteiger partial charge on any atom is 0.0791 e. The summed E-state index contributed by atoms with van der Waals surface area (Å²) in [6, 6.07) is 0. The molecule has 0 bridgehead atoms. The second-order valence-electron chi connectivity index (χ2n) is 0.676. The largest absolute Gasteiger partial charge is 0.412 e. The van der Waals surface area contributed by atoms with Gasteiger partial charge in [0.15, 0.2) is 0 Å². The van der Waals surface area contributed by atoms with Gasteiger partial charge in [-0.3, -0.25) is 4.98 Å². The number of aromatic nitrogens is 1. The minimum absolute atomic E-state index is 0. The summed E-state index contributed by atoms with van der Waals surface area (Å²) in [6.07, 6.45) is 1.77. The van der Waals surface area contributed by atoms with E-state index in [4.69, 9.17) is 0 Å². The molecule has 0 amide bonds. The Hall–Kier alpha value is -0.120. The summed E-state index contributed by atoms with van der Waals surface area (Å²) in [7, 11) is 0. The lowest BCUT2D eigenvalue weighted by molar-refractivity contribution is 0.824. The van der Waals surface area contributed by atoms with Crippen LogP contribution in [0.25, 0.3) is 0 Å². The summed E-state index contributed by atoms with van der Waals surface area (Å²) < 4.78 is 0. The van der Waals surface area contributed by atoms with Crippen LogP contribution in [-0.2, 0) is 0 Å². The van der Waals surface area contributed by atoms with Crippen LogP contribution in [-0.4, -0.2) is 10.5 Å². The average Bonchev–Trinajstić information content (AvgIpc) is 1.76. The van der Waals surface area contributed by atoms with Gasteiger partial charge in [0.25, 0.3) is 0 Å². The lowest BCUT2D eigenvalue weighted by Crippen LogP contribution is -1.38. The van der Waals surface area contributed by atoms with E-state index in [0.29, 0.717) is 0 Å². The highest BCUT2D eigenvalue weighted by Crippen LogP contribution is 1.85. The summed E-state index contributed by atoms with van der Waals surface area (Å²) in [4.78, 5) is 3.74. The van der Waals surface area contributed by atoms with Crippen molar-refractivity contribution in [2.24, 2.45) is 0 Å². The Kier molecular flexibility index (Phi) is 8.39. The van der Waals surface area contributed by atoms with E-state index in [2.05, 4.69) is 4.98 Å². The van der Waals surface area contributed by atoms with Gasteiger partial charge in [0.2, 0.25) is 0 Å². The minimum atomic E-state index is 0. The van der Waals surface area contributed by atoms with Crippen molar-refractivity contribution in [3.05, 3.63) is 17.1 Å². The van der Waals surface area contributed by atoms with E-state index in [1.54, 1.807) is 23.0 Å². The molecule has 7 heavy (non-hydrogen) atoms. The molecule has 42 valence electrons. The van der Waals surface area contributed by atoms with Crippen LogP contribution in [0.3, 0.4) is 0 Å². The van der Waals surface area contributed by atoms with Gasteiger partial charge in [0.1, 0.15) is 0 Å². The lowest BCUT2D eigenvalue weighted by Gasteiger charge is -1.41. The van der Waals surface area contributed by atoms with Crippen LogP contribution in [0.15, 0.2) is 17.1 Å². The number of halogens is 1. The van der Waals surface area contributed by atoms with Crippen molar-refractivity contribution in [1.29, 1.82) is 0 Å². The fourth-order valence-electron chi connectivity index (χ4n) is 0.176. The molecule has 0 fully saturated rings. The average molecular weight is 140 g/mol. The first kappa shape index (κ1) is 9.99. The summed E-state index contributed by atoms with van der Waals surface area (Å²) >= 11 is 1.60. The second kappa shape index (κ2) is 5.88. The SMILES string of the molecule is Cl.O.c1cscn1. The van der Waals surface area contributed by atoms with Crippen LogP contribution in [0, 0.1) is 0 Å². The van der Waals surface area contributed by atoms with Crippen molar-refractivity contribution in [1.82, 2.24) is 4.98 Å². The van der Waals surface area contributed by atoms with E-state index in [-0.39, 0.29) is 17.9 Å². The van der Waals surface area contributed by atoms with Crippen molar-refractivity contribution in [3.8, 4) is 0 Å². The first-order valence-corrected chi connectivity index (χ1v) is 2.26. The zero-order valence-electron chi connectivity index (χ0n) is 3.50. The molecule has 1 rings (SSSR count). The zero-order valence-corrected chi connectivity index (χ0v) is 5.13. The van der Waals surface area contributed by atoms with Crippen molar-refractivity contribution in [2.75, 3.05) is 0 Å². The fourth-order valence-corrected chi connectivity index (χ4v) is 0.527. The molecule has 0 aliphatic rings. The number of rotatable bonds is 0. The van der Waals surface area contributed by atoms with E-state index >= 15 is 0 Å². The third-order valence-corrected chi connectivity index (χ3v) is 0.869. The lowest BCUT2D eigenvalue weighted by atomic mass is 11.0. The van der Waals surface area contributed by atoms with Crippen LogP contribution >= 0.6 is 23.7 Å². The summed E-state index contributed by atoms with van der Waals surface area (Å²) in [5.74, 6) is 0. The molecule has 2 N–H and O–H groups in total. The van der Waals surface area contributed by atoms with Crippen LogP contribution in [0.4, 0.5) is 0 Å². The smallest absolute Gasteiger partial charge is 0.0791 e. The first-order valence-electron chi connectivity index (χ1n) is 1.32. The molecule has 0 aromatic carbocycles. The Bertz CT molecular complexity index is 71.4. The van der Waals surface area contributed by atoms with Crippen molar-refractivity contribution in [2.45, 2.75) is 0 Å². The molecular weight excluding hydrogens is 134 g/mol. The molecule has 4 heteroatoms. The number of nitrogens with zero attached hydrogens (tertiary/aromatic N) is 1. The molecule has 0 aliphatic carbocycles. The predicted octanol–water partition coefficient (Wildman–Crippen LogP) is 0.740. The van der Waals surface area contributed by atoms with Crippen molar-refractivity contribution < 1.29 is 5.48 Å². The van der Waals surface area contributed by atoms with Gasteiger partial charge in [-0.15, -0.1) is 23.7 Å². The molecular formula is C3H6ClNOS. The molecule has 0 radical (unpaired) electrons. The van der Waals surface area contributed by atoms with Gasteiger partial charge in [-0.25, -0.2) is 0 Å². The predicted molar refractivity (Wildman–Crippen MR) is 33.0 cm³/mol. The highest BCUT2D eigenvalue weighted by atomic mass is 35.5. The van der Waals surface area contributed by atoms with Gasteiger partial charge >= 0.3 is 0 Å². The third-order valence-electron chi connectivity index (χ3n) is 0.347. The molecule has 0 atom stereocenters. The Morgan fingerprint density at radius 1 is 1.43 bits per heavy atom. The van der Waals surface area contributed by atoms with Crippen molar-refractivity contribution in [3.63, 3.8) is 0 Å². The fraction of sp³-hybridized carbons (Fsp3) is 0. The quantitative estimate of drug-likeness (QED) is 0.523. The Morgan fingerprint density at radius 3 is 2.29 bits per heavy atom. The standard InChI is InChI=1S/C3H3NS.ClH.H2O/c1-2-5-3-4-1;;/h1-3H;1H;1H2. The number of thiazole rings is 1. The zero-order chi connectivity index (χ0) is 3.54. The summed E-state index contributed by atoms with van der Waals surface area (Å²) in [5, 5.41) is 1.93. The maximum atomic E-state index is 3.74. The van der Waals surface area contributed by atoms with Gasteiger partial charge in [0.05, 0.1) is 5.51 Å². The Labute approximate surface area is 51.9 Å². The molecule has 1 heterocycles. The van der Waals surface area contributed by atoms with Crippen LogP contribution in [0.2, 0.25) is 0 Å². The highest BCUT2D eigenvalue weighted by molar-refractivity contribution is 7.07. The molecule has 1 aromatic heterocycles. The molecule has 0 unspecified atom stereocenters. The molecule has 0 saturated carbocycles. The van der Waals surface area contributed by atoms with Gasteiger partial charge in [-0.1, -0.05) is 0 Å². The highest BCUT2D eigenvalue weighted by Gasteiger charge is 1.59. The molecule has 0 saturated heterocycles.